The first kappa shape index (κ1) is 24.4. The fraction of sp³-hybridized carbons (Fsp3) is 0.348. The normalized spacial score (nSPS) is 10.8. The van der Waals surface area contributed by atoms with Crippen LogP contribution in [0.3, 0.4) is 0 Å². The van der Waals surface area contributed by atoms with E-state index in [0.29, 0.717) is 28.8 Å². The van der Waals surface area contributed by atoms with Gasteiger partial charge >= 0.3 is 0 Å². The van der Waals surface area contributed by atoms with Crippen molar-refractivity contribution in [2.24, 2.45) is 0 Å². The van der Waals surface area contributed by atoms with Crippen LogP contribution in [0.4, 0.5) is 10.1 Å². The molecule has 1 N–H and O–H groups in total. The van der Waals surface area contributed by atoms with Gasteiger partial charge in [0.15, 0.2) is 11.0 Å². The molecule has 0 radical (unpaired) electrons. The third-order valence-electron chi connectivity index (χ3n) is 5.00. The fourth-order valence-electron chi connectivity index (χ4n) is 3.20. The molecule has 8 nitrogen and oxygen atoms in total. The van der Waals surface area contributed by atoms with Crippen LogP contribution in [0.15, 0.2) is 53.7 Å². The van der Waals surface area contributed by atoms with Crippen molar-refractivity contribution in [1.82, 2.24) is 20.1 Å². The summed E-state index contributed by atoms with van der Waals surface area (Å²) in [5, 5.41) is 23.0. The Labute approximate surface area is 195 Å². The molecule has 0 bridgehead atoms. The van der Waals surface area contributed by atoms with Crippen LogP contribution < -0.4 is 5.32 Å². The molecule has 3 rings (SSSR count). The van der Waals surface area contributed by atoms with Gasteiger partial charge in [0.1, 0.15) is 5.82 Å². The standard InChI is InChI=1S/C23H26FN5O3S/c1-2-3-4-5-6-22(30)25-15-21-26-27-23(33-16-17-7-9-18(24)10-8-17)28(21)19-11-13-20(14-12-19)29(31)32/h7-14H,2-6,15-16H2,1H3,(H,25,30). The lowest BCUT2D eigenvalue weighted by atomic mass is 10.1. The molecule has 10 heteroatoms. The number of non-ortho nitro benzene ring substituents is 1. The molecule has 0 saturated carbocycles. The zero-order valence-corrected chi connectivity index (χ0v) is 19.2. The molecule has 0 unspecified atom stereocenters. The molecule has 1 heterocycles. The number of hydrogen-bond acceptors (Lipinski definition) is 6. The van der Waals surface area contributed by atoms with Gasteiger partial charge in [0.05, 0.1) is 11.5 Å². The minimum atomic E-state index is -0.459. The van der Waals surface area contributed by atoms with Crippen molar-refractivity contribution in [3.05, 3.63) is 75.9 Å². The van der Waals surface area contributed by atoms with Crippen LogP contribution in [0.25, 0.3) is 5.69 Å². The second-order valence-corrected chi connectivity index (χ2v) is 8.45. The molecule has 1 amide bonds. The summed E-state index contributed by atoms with van der Waals surface area (Å²) >= 11 is 1.41. The molecule has 33 heavy (non-hydrogen) atoms. The summed E-state index contributed by atoms with van der Waals surface area (Å²) in [6.45, 7) is 2.31. The molecular weight excluding hydrogens is 445 g/mol. The Bertz CT molecular complexity index is 1070. The number of nitrogens with one attached hydrogen (secondary N) is 1. The Balaban J connectivity index is 1.76. The SMILES string of the molecule is CCCCCCC(=O)NCc1nnc(SCc2ccc(F)cc2)n1-c1ccc([N+](=O)[O-])cc1. The number of halogens is 1. The first-order chi connectivity index (χ1) is 16.0. The number of thioether (sulfide) groups is 1. The quantitative estimate of drug-likeness (QED) is 0.169. The van der Waals surface area contributed by atoms with Gasteiger partial charge in [-0.3, -0.25) is 19.5 Å². The number of hydrogen-bond donors (Lipinski definition) is 1. The first-order valence-corrected chi connectivity index (χ1v) is 11.8. The van der Waals surface area contributed by atoms with Crippen LogP contribution in [0.2, 0.25) is 0 Å². The molecule has 0 aliphatic heterocycles. The number of nitro benzene ring substituents is 1. The summed E-state index contributed by atoms with van der Waals surface area (Å²) in [5.41, 5.74) is 1.55. The van der Waals surface area contributed by atoms with Crippen molar-refractivity contribution < 1.29 is 14.1 Å². The van der Waals surface area contributed by atoms with Gasteiger partial charge in [0, 0.05) is 30.0 Å². The third kappa shape index (κ3) is 7.11. The maximum absolute atomic E-state index is 13.2. The van der Waals surface area contributed by atoms with Crippen LogP contribution in [0.1, 0.15) is 50.4 Å². The summed E-state index contributed by atoms with van der Waals surface area (Å²) < 4.78 is 15.0. The highest BCUT2D eigenvalue weighted by atomic mass is 32.2. The highest BCUT2D eigenvalue weighted by molar-refractivity contribution is 7.98. The van der Waals surface area contributed by atoms with E-state index in [1.165, 1.54) is 36.0 Å². The van der Waals surface area contributed by atoms with Crippen molar-refractivity contribution in [2.45, 2.75) is 56.5 Å². The highest BCUT2D eigenvalue weighted by Crippen LogP contribution is 2.26. The number of nitrogens with zero attached hydrogens (tertiary/aromatic N) is 4. The number of carbonyl (C=O) groups is 1. The lowest BCUT2D eigenvalue weighted by Gasteiger charge is -2.11. The smallest absolute Gasteiger partial charge is 0.269 e. The van der Waals surface area contributed by atoms with Gasteiger partial charge in [-0.15, -0.1) is 10.2 Å². The Morgan fingerprint density at radius 2 is 1.82 bits per heavy atom. The monoisotopic (exact) mass is 471 g/mol. The van der Waals surface area contributed by atoms with E-state index in [1.54, 1.807) is 28.8 Å². The van der Waals surface area contributed by atoms with Gasteiger partial charge in [-0.1, -0.05) is 50.1 Å². The zero-order valence-electron chi connectivity index (χ0n) is 18.4. The van der Waals surface area contributed by atoms with E-state index in [9.17, 15) is 19.3 Å². The van der Waals surface area contributed by atoms with Gasteiger partial charge in [-0.2, -0.15) is 0 Å². The van der Waals surface area contributed by atoms with E-state index in [-0.39, 0.29) is 24.0 Å². The molecule has 0 fully saturated rings. The topological polar surface area (TPSA) is 103 Å². The van der Waals surface area contributed by atoms with Crippen LogP contribution in [-0.2, 0) is 17.1 Å². The van der Waals surface area contributed by atoms with Gasteiger partial charge in [0.2, 0.25) is 5.91 Å². The average molecular weight is 472 g/mol. The Kier molecular flexibility index (Phi) is 8.94. The molecule has 0 atom stereocenters. The second kappa shape index (κ2) is 12.1. The van der Waals surface area contributed by atoms with Crippen LogP contribution >= 0.6 is 11.8 Å². The number of unbranched alkanes of at least 4 members (excludes halogenated alkanes) is 3. The summed E-state index contributed by atoms with van der Waals surface area (Å²) in [7, 11) is 0. The Morgan fingerprint density at radius 1 is 1.09 bits per heavy atom. The highest BCUT2D eigenvalue weighted by Gasteiger charge is 2.17. The predicted molar refractivity (Wildman–Crippen MR) is 125 cm³/mol. The van der Waals surface area contributed by atoms with E-state index < -0.39 is 4.92 Å². The lowest BCUT2D eigenvalue weighted by Crippen LogP contribution is -2.24. The molecule has 2 aromatic carbocycles. The molecule has 0 spiro atoms. The molecule has 3 aromatic rings. The Hall–Kier alpha value is -3.27. The van der Waals surface area contributed by atoms with E-state index in [2.05, 4.69) is 22.4 Å². The molecule has 0 aliphatic carbocycles. The van der Waals surface area contributed by atoms with Gasteiger partial charge < -0.3 is 5.32 Å². The van der Waals surface area contributed by atoms with E-state index in [0.717, 1.165) is 31.2 Å². The lowest BCUT2D eigenvalue weighted by molar-refractivity contribution is -0.384. The van der Waals surface area contributed by atoms with Crippen LogP contribution in [-0.4, -0.2) is 25.6 Å². The molecule has 0 aliphatic rings. The first-order valence-electron chi connectivity index (χ1n) is 10.8. The average Bonchev–Trinajstić information content (AvgIpc) is 3.23. The van der Waals surface area contributed by atoms with Crippen molar-refractivity contribution in [3.63, 3.8) is 0 Å². The van der Waals surface area contributed by atoms with Crippen LogP contribution in [0.5, 0.6) is 0 Å². The van der Waals surface area contributed by atoms with E-state index >= 15 is 0 Å². The van der Waals surface area contributed by atoms with Crippen molar-refractivity contribution in [2.75, 3.05) is 0 Å². The number of amides is 1. The van der Waals surface area contributed by atoms with E-state index in [1.807, 2.05) is 0 Å². The van der Waals surface area contributed by atoms with E-state index in [4.69, 9.17) is 0 Å². The summed E-state index contributed by atoms with van der Waals surface area (Å²) in [6, 6.07) is 12.3. The summed E-state index contributed by atoms with van der Waals surface area (Å²) in [4.78, 5) is 22.8. The summed E-state index contributed by atoms with van der Waals surface area (Å²) in [5.74, 6) is 0.706. The number of aromatic nitrogens is 3. The van der Waals surface area contributed by atoms with Gasteiger partial charge in [-0.05, 0) is 36.2 Å². The number of benzene rings is 2. The molecule has 1 aromatic heterocycles. The Morgan fingerprint density at radius 3 is 2.48 bits per heavy atom. The fourth-order valence-corrected chi connectivity index (χ4v) is 4.12. The molecular formula is C23H26FN5O3S. The minimum Gasteiger partial charge on any atom is -0.349 e. The third-order valence-corrected chi connectivity index (χ3v) is 6.00. The van der Waals surface area contributed by atoms with Crippen molar-refractivity contribution >= 4 is 23.4 Å². The second-order valence-electron chi connectivity index (χ2n) is 7.51. The summed E-state index contributed by atoms with van der Waals surface area (Å²) in [6.07, 6.45) is 4.53. The van der Waals surface area contributed by atoms with Crippen molar-refractivity contribution in [1.29, 1.82) is 0 Å². The maximum atomic E-state index is 13.2. The number of rotatable bonds is 12. The minimum absolute atomic E-state index is 0.0192. The maximum Gasteiger partial charge on any atom is 0.269 e. The van der Waals surface area contributed by atoms with Gasteiger partial charge in [0.25, 0.3) is 5.69 Å². The van der Waals surface area contributed by atoms with Crippen LogP contribution in [0, 0.1) is 15.9 Å². The molecule has 0 saturated heterocycles. The van der Waals surface area contributed by atoms with Gasteiger partial charge in [-0.25, -0.2) is 4.39 Å². The molecule has 174 valence electrons. The van der Waals surface area contributed by atoms with Crippen molar-refractivity contribution in [3.8, 4) is 5.69 Å². The number of nitro groups is 1. The largest absolute Gasteiger partial charge is 0.349 e. The number of carbonyl (C=O) groups excluding carboxylic acids is 1. The predicted octanol–water partition coefficient (Wildman–Crippen LogP) is 5.19. The zero-order chi connectivity index (χ0) is 23.6.